The fourth-order valence-corrected chi connectivity index (χ4v) is 3.58. The van der Waals surface area contributed by atoms with Crippen molar-refractivity contribution in [2.75, 3.05) is 12.8 Å². The van der Waals surface area contributed by atoms with Crippen molar-refractivity contribution in [2.45, 2.75) is 37.0 Å². The van der Waals surface area contributed by atoms with Crippen LogP contribution in [0.25, 0.3) is 0 Å². The largest absolute Gasteiger partial charge is 0.310 e. The van der Waals surface area contributed by atoms with E-state index in [0.717, 1.165) is 23.3 Å². The van der Waals surface area contributed by atoms with Gasteiger partial charge in [0.05, 0.1) is 5.69 Å². The number of rotatable bonds is 5. The second-order valence-corrected chi connectivity index (χ2v) is 6.86. The molecule has 1 aromatic rings. The van der Waals surface area contributed by atoms with Gasteiger partial charge in [-0.25, -0.2) is 0 Å². The van der Waals surface area contributed by atoms with Gasteiger partial charge in [0, 0.05) is 28.5 Å². The van der Waals surface area contributed by atoms with Gasteiger partial charge in [-0.3, -0.25) is 4.98 Å². The van der Waals surface area contributed by atoms with Crippen LogP contribution in [0.1, 0.15) is 31.4 Å². The molecular weight excluding hydrogens is 296 g/mol. The summed E-state index contributed by atoms with van der Waals surface area (Å²) in [5, 5.41) is 3.56. The third kappa shape index (κ3) is 3.70. The van der Waals surface area contributed by atoms with Crippen molar-refractivity contribution in [1.82, 2.24) is 10.3 Å². The van der Waals surface area contributed by atoms with Gasteiger partial charge in [-0.05, 0) is 47.2 Å². The van der Waals surface area contributed by atoms with E-state index in [1.165, 1.54) is 25.7 Å². The summed E-state index contributed by atoms with van der Waals surface area (Å²) in [6, 6.07) is 4.11. The Morgan fingerprint density at radius 2 is 2.18 bits per heavy atom. The molecule has 1 aliphatic carbocycles. The molecular formula is C13H19BrN2S. The normalized spacial score (nSPS) is 18.5. The fraction of sp³-hybridized carbons (Fsp3) is 0.615. The quantitative estimate of drug-likeness (QED) is 0.898. The Hall–Kier alpha value is -0.0600. The number of halogens is 1. The highest BCUT2D eigenvalue weighted by Crippen LogP contribution is 2.39. The minimum absolute atomic E-state index is 0.482. The molecule has 1 aromatic heterocycles. The predicted molar refractivity (Wildman–Crippen MR) is 78.4 cm³/mol. The lowest BCUT2D eigenvalue weighted by Gasteiger charge is -2.27. The van der Waals surface area contributed by atoms with Gasteiger partial charge in [0.1, 0.15) is 0 Å². The van der Waals surface area contributed by atoms with Gasteiger partial charge in [0.15, 0.2) is 0 Å². The highest BCUT2D eigenvalue weighted by molar-refractivity contribution is 9.10. The number of hydrogen-bond donors (Lipinski definition) is 1. The van der Waals surface area contributed by atoms with E-state index in [4.69, 9.17) is 0 Å². The maximum atomic E-state index is 4.37. The SMILES string of the molecule is CSC1(CNCc2ccc(Br)cn2)CCCC1. The molecule has 0 aliphatic heterocycles. The second kappa shape index (κ2) is 6.21. The summed E-state index contributed by atoms with van der Waals surface area (Å²) in [6.45, 7) is 1.97. The van der Waals surface area contributed by atoms with Crippen molar-refractivity contribution in [2.24, 2.45) is 0 Å². The summed E-state index contributed by atoms with van der Waals surface area (Å²) in [6.07, 6.45) is 9.59. The first kappa shape index (κ1) is 13.4. The molecule has 2 rings (SSSR count). The van der Waals surface area contributed by atoms with Crippen LogP contribution in [0.2, 0.25) is 0 Å². The van der Waals surface area contributed by atoms with E-state index in [9.17, 15) is 0 Å². The van der Waals surface area contributed by atoms with Crippen molar-refractivity contribution in [3.8, 4) is 0 Å². The molecule has 0 amide bonds. The number of aromatic nitrogens is 1. The summed E-state index contributed by atoms with van der Waals surface area (Å²) >= 11 is 5.43. The molecule has 0 aromatic carbocycles. The van der Waals surface area contributed by atoms with Gasteiger partial charge in [0.2, 0.25) is 0 Å². The third-order valence-corrected chi connectivity index (χ3v) is 5.38. The molecule has 1 N–H and O–H groups in total. The lowest BCUT2D eigenvalue weighted by atomic mass is 10.1. The molecule has 1 saturated carbocycles. The fourth-order valence-electron chi connectivity index (χ4n) is 2.40. The summed E-state index contributed by atoms with van der Waals surface area (Å²) in [5.41, 5.74) is 1.11. The average molecular weight is 315 g/mol. The molecule has 0 radical (unpaired) electrons. The van der Waals surface area contributed by atoms with Gasteiger partial charge in [-0.15, -0.1) is 0 Å². The van der Waals surface area contributed by atoms with Gasteiger partial charge < -0.3 is 5.32 Å². The number of thioether (sulfide) groups is 1. The average Bonchev–Trinajstić information content (AvgIpc) is 2.81. The summed E-state index contributed by atoms with van der Waals surface area (Å²) in [4.78, 5) is 4.37. The van der Waals surface area contributed by atoms with E-state index in [0.29, 0.717) is 4.75 Å². The molecule has 94 valence electrons. The van der Waals surface area contributed by atoms with Crippen molar-refractivity contribution in [3.05, 3.63) is 28.5 Å². The zero-order chi connectivity index (χ0) is 12.1. The van der Waals surface area contributed by atoms with E-state index in [1.54, 1.807) is 0 Å². The zero-order valence-corrected chi connectivity index (χ0v) is 12.6. The van der Waals surface area contributed by atoms with Crippen LogP contribution in [0.15, 0.2) is 22.8 Å². The van der Waals surface area contributed by atoms with Gasteiger partial charge >= 0.3 is 0 Å². The van der Waals surface area contributed by atoms with Crippen molar-refractivity contribution >= 4 is 27.7 Å². The van der Waals surface area contributed by atoms with Crippen LogP contribution in [-0.2, 0) is 6.54 Å². The number of nitrogens with zero attached hydrogens (tertiary/aromatic N) is 1. The minimum atomic E-state index is 0.482. The highest BCUT2D eigenvalue weighted by atomic mass is 79.9. The first-order valence-electron chi connectivity index (χ1n) is 6.10. The Bertz CT molecular complexity index is 347. The van der Waals surface area contributed by atoms with Crippen molar-refractivity contribution < 1.29 is 0 Å². The van der Waals surface area contributed by atoms with Crippen LogP contribution in [-0.4, -0.2) is 22.5 Å². The minimum Gasteiger partial charge on any atom is -0.310 e. The highest BCUT2D eigenvalue weighted by Gasteiger charge is 2.32. The molecule has 0 atom stereocenters. The number of hydrogen-bond acceptors (Lipinski definition) is 3. The predicted octanol–water partition coefficient (Wildman–Crippen LogP) is 3.61. The Balaban J connectivity index is 1.80. The number of nitrogens with one attached hydrogen (secondary N) is 1. The zero-order valence-electron chi connectivity index (χ0n) is 10.2. The first-order chi connectivity index (χ1) is 8.24. The lowest BCUT2D eigenvalue weighted by molar-refractivity contribution is 0.530. The Morgan fingerprint density at radius 3 is 2.76 bits per heavy atom. The topological polar surface area (TPSA) is 24.9 Å². The standard InChI is InChI=1S/C13H19BrN2S/c1-17-13(6-2-3-7-13)10-15-9-12-5-4-11(14)8-16-12/h4-5,8,15H,2-3,6-7,9-10H2,1H3. The van der Waals surface area contributed by atoms with Gasteiger partial charge in [0.25, 0.3) is 0 Å². The molecule has 1 aliphatic rings. The molecule has 1 heterocycles. The molecule has 0 unspecified atom stereocenters. The molecule has 0 bridgehead atoms. The molecule has 0 spiro atoms. The second-order valence-electron chi connectivity index (χ2n) is 4.67. The van der Waals surface area contributed by atoms with Crippen LogP contribution in [0, 0.1) is 0 Å². The maximum Gasteiger partial charge on any atom is 0.0542 e. The summed E-state index contributed by atoms with van der Waals surface area (Å²) < 4.78 is 1.52. The van der Waals surface area contributed by atoms with E-state index >= 15 is 0 Å². The maximum absolute atomic E-state index is 4.37. The molecule has 17 heavy (non-hydrogen) atoms. The van der Waals surface area contributed by atoms with Crippen molar-refractivity contribution in [1.29, 1.82) is 0 Å². The molecule has 4 heteroatoms. The first-order valence-corrected chi connectivity index (χ1v) is 8.12. The van der Waals surface area contributed by atoms with E-state index in [1.807, 2.05) is 24.0 Å². The third-order valence-electron chi connectivity index (χ3n) is 3.49. The van der Waals surface area contributed by atoms with Crippen molar-refractivity contribution in [3.63, 3.8) is 0 Å². The Morgan fingerprint density at radius 1 is 1.41 bits per heavy atom. The smallest absolute Gasteiger partial charge is 0.0542 e. The van der Waals surface area contributed by atoms with E-state index < -0.39 is 0 Å². The number of pyridine rings is 1. The van der Waals surface area contributed by atoms with Gasteiger partial charge in [-0.2, -0.15) is 11.8 Å². The monoisotopic (exact) mass is 314 g/mol. The Labute approximate surface area is 116 Å². The Kier molecular flexibility index (Phi) is 4.88. The molecule has 1 fully saturated rings. The van der Waals surface area contributed by atoms with Crippen LogP contribution >= 0.6 is 27.7 Å². The summed E-state index contributed by atoms with van der Waals surface area (Å²) in [5.74, 6) is 0. The van der Waals surface area contributed by atoms with E-state index in [2.05, 4.69) is 38.6 Å². The molecule has 0 saturated heterocycles. The van der Waals surface area contributed by atoms with E-state index in [-0.39, 0.29) is 0 Å². The van der Waals surface area contributed by atoms with Crippen LogP contribution in [0.5, 0.6) is 0 Å². The summed E-state index contributed by atoms with van der Waals surface area (Å²) in [7, 11) is 0. The van der Waals surface area contributed by atoms with Crippen LogP contribution < -0.4 is 5.32 Å². The molecule has 2 nitrogen and oxygen atoms in total. The van der Waals surface area contributed by atoms with Crippen LogP contribution in [0.3, 0.4) is 0 Å². The van der Waals surface area contributed by atoms with Gasteiger partial charge in [-0.1, -0.05) is 12.8 Å². The lowest BCUT2D eigenvalue weighted by Crippen LogP contribution is -2.34. The van der Waals surface area contributed by atoms with Crippen LogP contribution in [0.4, 0.5) is 0 Å².